The number of hydrogen-bond acceptors (Lipinski definition) is 7. The quantitative estimate of drug-likeness (QED) is 0.415. The van der Waals surface area contributed by atoms with Crippen molar-refractivity contribution >= 4 is 33.1 Å². The van der Waals surface area contributed by atoms with Gasteiger partial charge in [0.1, 0.15) is 22.9 Å². The van der Waals surface area contributed by atoms with Crippen LogP contribution in [0, 0.1) is 17.0 Å². The van der Waals surface area contributed by atoms with Gasteiger partial charge >= 0.3 is 5.97 Å². The average Bonchev–Trinajstić information content (AvgIpc) is 3.09. The summed E-state index contributed by atoms with van der Waals surface area (Å²) in [7, 11) is 0. The predicted octanol–water partition coefficient (Wildman–Crippen LogP) is 3.46. The normalized spacial score (nSPS) is 10.8. The third-order valence-corrected chi connectivity index (χ3v) is 4.04. The van der Waals surface area contributed by atoms with Crippen LogP contribution in [-0.4, -0.2) is 16.0 Å². The van der Waals surface area contributed by atoms with Crippen LogP contribution in [-0.2, 0) is 11.3 Å². The maximum atomic E-state index is 12.0. The summed E-state index contributed by atoms with van der Waals surface area (Å²) in [4.78, 5) is 22.7. The average molecular weight is 318 g/mol. The smallest absolute Gasteiger partial charge is 0.348 e. The van der Waals surface area contributed by atoms with E-state index < -0.39 is 10.9 Å². The van der Waals surface area contributed by atoms with E-state index in [2.05, 4.69) is 5.16 Å². The molecule has 2 heterocycles. The van der Waals surface area contributed by atoms with Gasteiger partial charge in [-0.3, -0.25) is 10.1 Å². The molecule has 112 valence electrons. The zero-order valence-corrected chi connectivity index (χ0v) is 12.3. The van der Waals surface area contributed by atoms with Crippen LogP contribution >= 0.6 is 11.3 Å². The monoisotopic (exact) mass is 318 g/mol. The summed E-state index contributed by atoms with van der Waals surface area (Å²) in [5, 5.41) is 15.1. The Kier molecular flexibility index (Phi) is 3.60. The van der Waals surface area contributed by atoms with Crippen molar-refractivity contribution in [2.75, 3.05) is 0 Å². The molecule has 0 saturated heterocycles. The lowest BCUT2D eigenvalue weighted by atomic mass is 10.2. The van der Waals surface area contributed by atoms with Crippen LogP contribution in [0.5, 0.6) is 0 Å². The first-order valence-corrected chi connectivity index (χ1v) is 7.12. The zero-order chi connectivity index (χ0) is 15.7. The van der Waals surface area contributed by atoms with Crippen molar-refractivity contribution in [3.05, 3.63) is 56.8 Å². The molecule has 0 aliphatic heterocycles. The fraction of sp³-hybridized carbons (Fsp3) is 0.143. The molecule has 0 aliphatic carbocycles. The van der Waals surface area contributed by atoms with Gasteiger partial charge in [-0.15, -0.1) is 11.3 Å². The van der Waals surface area contributed by atoms with Crippen molar-refractivity contribution < 1.29 is 19.0 Å². The fourth-order valence-electron chi connectivity index (χ4n) is 1.94. The molecular weight excluding hydrogens is 308 g/mol. The Morgan fingerprint density at radius 1 is 1.41 bits per heavy atom. The molecule has 0 bridgehead atoms. The van der Waals surface area contributed by atoms with E-state index in [1.54, 1.807) is 25.1 Å². The number of carbonyl (C=O) groups is 1. The van der Waals surface area contributed by atoms with E-state index in [1.165, 1.54) is 23.5 Å². The molecule has 2 aromatic heterocycles. The van der Waals surface area contributed by atoms with Crippen molar-refractivity contribution in [2.24, 2.45) is 0 Å². The number of nitrogens with zero attached hydrogens (tertiary/aromatic N) is 2. The van der Waals surface area contributed by atoms with Gasteiger partial charge in [-0.1, -0.05) is 5.16 Å². The summed E-state index contributed by atoms with van der Waals surface area (Å²) >= 11 is 1.23. The Hall–Kier alpha value is -2.74. The van der Waals surface area contributed by atoms with Gasteiger partial charge in [0.2, 0.25) is 0 Å². The third-order valence-electron chi connectivity index (χ3n) is 2.94. The van der Waals surface area contributed by atoms with Gasteiger partial charge in [0.05, 0.1) is 4.92 Å². The number of nitro benzene ring substituents is 1. The van der Waals surface area contributed by atoms with E-state index in [0.717, 1.165) is 4.70 Å². The van der Waals surface area contributed by atoms with E-state index in [4.69, 9.17) is 9.26 Å². The molecule has 0 atom stereocenters. The van der Waals surface area contributed by atoms with E-state index in [9.17, 15) is 14.9 Å². The molecule has 3 aromatic rings. The molecule has 0 unspecified atom stereocenters. The molecular formula is C14H10N2O5S. The number of fused-ring (bicyclic) bond motifs is 1. The molecule has 0 aliphatic rings. The maximum absolute atomic E-state index is 12.0. The number of carbonyl (C=O) groups excluding carboxylic acids is 1. The number of rotatable bonds is 4. The first-order chi connectivity index (χ1) is 10.5. The molecule has 0 spiro atoms. The van der Waals surface area contributed by atoms with Gasteiger partial charge in [0, 0.05) is 28.3 Å². The van der Waals surface area contributed by atoms with Gasteiger partial charge in [-0.2, -0.15) is 0 Å². The highest BCUT2D eigenvalue weighted by molar-refractivity contribution is 7.20. The van der Waals surface area contributed by atoms with Crippen molar-refractivity contribution in [2.45, 2.75) is 13.5 Å². The van der Waals surface area contributed by atoms with Gasteiger partial charge in [-0.25, -0.2) is 4.79 Å². The Morgan fingerprint density at radius 2 is 2.23 bits per heavy atom. The summed E-state index contributed by atoms with van der Waals surface area (Å²) in [6.45, 7) is 1.77. The molecule has 0 saturated carbocycles. The largest absolute Gasteiger partial charge is 0.455 e. The maximum Gasteiger partial charge on any atom is 0.348 e. The molecule has 0 fully saturated rings. The predicted molar refractivity (Wildman–Crippen MR) is 78.8 cm³/mol. The Balaban J connectivity index is 1.77. The third kappa shape index (κ3) is 2.82. The number of hydrogen-bond donors (Lipinski definition) is 0. The van der Waals surface area contributed by atoms with Crippen molar-refractivity contribution in [3.8, 4) is 0 Å². The van der Waals surface area contributed by atoms with Crippen molar-refractivity contribution in [3.63, 3.8) is 0 Å². The van der Waals surface area contributed by atoms with Gasteiger partial charge in [-0.05, 0) is 19.1 Å². The van der Waals surface area contributed by atoms with E-state index in [1.807, 2.05) is 0 Å². The molecule has 0 amide bonds. The minimum atomic E-state index is -0.496. The topological polar surface area (TPSA) is 95.5 Å². The van der Waals surface area contributed by atoms with Gasteiger partial charge in [0.25, 0.3) is 5.69 Å². The van der Waals surface area contributed by atoms with Gasteiger partial charge in [0.15, 0.2) is 0 Å². The van der Waals surface area contributed by atoms with E-state index >= 15 is 0 Å². The summed E-state index contributed by atoms with van der Waals surface area (Å²) < 4.78 is 10.8. The second kappa shape index (κ2) is 5.57. The number of nitro groups is 1. The summed E-state index contributed by atoms with van der Waals surface area (Å²) in [6, 6.07) is 7.73. The summed E-state index contributed by atoms with van der Waals surface area (Å²) in [5.74, 6) is 0.143. The molecule has 8 heteroatoms. The highest BCUT2D eigenvalue weighted by Gasteiger charge is 2.15. The van der Waals surface area contributed by atoms with Crippen LogP contribution in [0.1, 0.15) is 21.1 Å². The minimum Gasteiger partial charge on any atom is -0.455 e. The number of esters is 1. The highest BCUT2D eigenvalue weighted by atomic mass is 32.1. The van der Waals surface area contributed by atoms with Crippen LogP contribution < -0.4 is 0 Å². The molecule has 0 radical (unpaired) electrons. The Bertz CT molecular complexity index is 867. The van der Waals surface area contributed by atoms with Crippen molar-refractivity contribution in [1.82, 2.24) is 5.16 Å². The van der Waals surface area contributed by atoms with Crippen LogP contribution in [0.4, 0.5) is 5.69 Å². The van der Waals surface area contributed by atoms with Gasteiger partial charge < -0.3 is 9.26 Å². The minimum absolute atomic E-state index is 0.0108. The fourth-order valence-corrected chi connectivity index (χ4v) is 2.88. The number of thiophene rings is 1. The van der Waals surface area contributed by atoms with Crippen LogP contribution in [0.3, 0.4) is 0 Å². The standard InChI is InChI=1S/C14H10N2O5S/c1-8-4-10(15-21-8)7-20-14(17)13-6-9-5-11(16(18)19)2-3-12(9)22-13/h2-6H,7H2,1H3. The molecule has 3 rings (SSSR count). The Labute approximate surface area is 128 Å². The molecule has 7 nitrogen and oxygen atoms in total. The number of aryl methyl sites for hydroxylation is 1. The van der Waals surface area contributed by atoms with Crippen LogP contribution in [0.15, 0.2) is 34.9 Å². The first kappa shape index (κ1) is 14.2. The second-order valence-corrected chi connectivity index (χ2v) is 5.68. The lowest BCUT2D eigenvalue weighted by Crippen LogP contribution is -2.03. The summed E-state index contributed by atoms with van der Waals surface area (Å²) in [5.41, 5.74) is 0.519. The Morgan fingerprint density at radius 3 is 2.91 bits per heavy atom. The van der Waals surface area contributed by atoms with E-state index in [-0.39, 0.29) is 12.3 Å². The lowest BCUT2D eigenvalue weighted by molar-refractivity contribution is -0.384. The number of ether oxygens (including phenoxy) is 1. The highest BCUT2D eigenvalue weighted by Crippen LogP contribution is 2.29. The second-order valence-electron chi connectivity index (χ2n) is 4.59. The molecule has 0 N–H and O–H groups in total. The molecule has 1 aromatic carbocycles. The van der Waals surface area contributed by atoms with Crippen molar-refractivity contribution in [1.29, 1.82) is 0 Å². The first-order valence-electron chi connectivity index (χ1n) is 6.30. The van der Waals surface area contributed by atoms with E-state index in [0.29, 0.717) is 21.7 Å². The van der Waals surface area contributed by atoms with Crippen LogP contribution in [0.2, 0.25) is 0 Å². The zero-order valence-electron chi connectivity index (χ0n) is 11.4. The lowest BCUT2D eigenvalue weighted by Gasteiger charge is -1.98. The SMILES string of the molecule is Cc1cc(COC(=O)c2cc3cc([N+](=O)[O-])ccc3s2)no1. The van der Waals surface area contributed by atoms with Crippen LogP contribution in [0.25, 0.3) is 10.1 Å². The summed E-state index contributed by atoms with van der Waals surface area (Å²) in [6.07, 6.45) is 0. The number of benzene rings is 1. The number of non-ortho nitro benzene ring substituents is 1. The molecule has 22 heavy (non-hydrogen) atoms. The number of aromatic nitrogens is 1.